The zero-order valence-corrected chi connectivity index (χ0v) is 11.1. The Morgan fingerprint density at radius 3 is 2.68 bits per heavy atom. The minimum absolute atomic E-state index is 0.0871. The molecule has 19 heavy (non-hydrogen) atoms. The third kappa shape index (κ3) is 2.26. The van der Waals surface area contributed by atoms with E-state index in [2.05, 4.69) is 5.10 Å². The average Bonchev–Trinajstić information content (AvgIpc) is 2.39. The van der Waals surface area contributed by atoms with Gasteiger partial charge in [-0.05, 0) is 18.4 Å². The van der Waals surface area contributed by atoms with Crippen molar-refractivity contribution < 1.29 is 4.39 Å². The van der Waals surface area contributed by atoms with Crippen LogP contribution in [0.2, 0.25) is 0 Å². The van der Waals surface area contributed by atoms with Crippen LogP contribution in [0.25, 0.3) is 5.69 Å². The van der Waals surface area contributed by atoms with Gasteiger partial charge in [-0.15, -0.1) is 11.8 Å². The number of aromatic nitrogens is 3. The van der Waals surface area contributed by atoms with Gasteiger partial charge in [0.25, 0.3) is 5.56 Å². The first-order valence-electron chi connectivity index (χ1n) is 5.24. The predicted molar refractivity (Wildman–Crippen MR) is 71.2 cm³/mol. The third-order valence-corrected chi connectivity index (χ3v) is 3.40. The lowest BCUT2D eigenvalue weighted by molar-refractivity contribution is 0.583. The third-order valence-electron chi connectivity index (χ3n) is 2.61. The second-order valence-electron chi connectivity index (χ2n) is 3.78. The van der Waals surface area contributed by atoms with Gasteiger partial charge in [0.05, 0.1) is 0 Å². The molecule has 0 saturated carbocycles. The van der Waals surface area contributed by atoms with Gasteiger partial charge in [0.15, 0.2) is 0 Å². The van der Waals surface area contributed by atoms with Gasteiger partial charge in [-0.1, -0.05) is 0 Å². The maximum absolute atomic E-state index is 14.0. The van der Waals surface area contributed by atoms with E-state index < -0.39 is 17.1 Å². The molecule has 2 rings (SSSR count). The standard InChI is InChI=1S/C11H11FN4O2S/c1-15-10(17)5-14-16(11(15)18)8-4-7(13)9(19-2)3-6(8)12/h3-5H,13H2,1-2H3. The molecule has 2 aromatic rings. The van der Waals surface area contributed by atoms with E-state index in [1.807, 2.05) is 0 Å². The fourth-order valence-electron chi connectivity index (χ4n) is 1.54. The Balaban J connectivity index is 2.73. The van der Waals surface area contributed by atoms with Gasteiger partial charge in [0.1, 0.15) is 17.7 Å². The quantitative estimate of drug-likeness (QED) is 0.636. The van der Waals surface area contributed by atoms with E-state index in [1.54, 1.807) is 6.26 Å². The van der Waals surface area contributed by atoms with Crippen LogP contribution in [0.15, 0.2) is 32.8 Å². The molecule has 0 unspecified atom stereocenters. The Morgan fingerprint density at radius 1 is 1.37 bits per heavy atom. The van der Waals surface area contributed by atoms with Crippen molar-refractivity contribution in [2.45, 2.75) is 4.90 Å². The summed E-state index contributed by atoms with van der Waals surface area (Å²) in [6.07, 6.45) is 2.71. The topological polar surface area (TPSA) is 82.9 Å². The maximum atomic E-state index is 14.0. The number of hydrogen-bond acceptors (Lipinski definition) is 5. The van der Waals surface area contributed by atoms with Gasteiger partial charge in [-0.2, -0.15) is 9.78 Å². The number of nitrogens with two attached hydrogens (primary N) is 1. The van der Waals surface area contributed by atoms with E-state index in [0.717, 1.165) is 15.4 Å². The molecule has 8 heteroatoms. The number of halogens is 1. The van der Waals surface area contributed by atoms with Crippen molar-refractivity contribution >= 4 is 17.4 Å². The highest BCUT2D eigenvalue weighted by Gasteiger charge is 2.13. The summed E-state index contributed by atoms with van der Waals surface area (Å²) in [6, 6.07) is 2.55. The Bertz CT molecular complexity index is 753. The largest absolute Gasteiger partial charge is 0.398 e. The van der Waals surface area contributed by atoms with Gasteiger partial charge < -0.3 is 5.73 Å². The van der Waals surface area contributed by atoms with Gasteiger partial charge in [0, 0.05) is 17.6 Å². The predicted octanol–water partition coefficient (Wildman–Crippen LogP) is 0.374. The summed E-state index contributed by atoms with van der Waals surface area (Å²) in [7, 11) is 1.29. The minimum atomic E-state index is -0.734. The van der Waals surface area contributed by atoms with Crippen LogP contribution in [0.1, 0.15) is 0 Å². The van der Waals surface area contributed by atoms with Crippen LogP contribution in [0, 0.1) is 5.82 Å². The van der Waals surface area contributed by atoms with Crippen LogP contribution >= 0.6 is 11.8 Å². The molecule has 0 bridgehead atoms. The summed E-state index contributed by atoms with van der Waals surface area (Å²) >= 11 is 1.30. The molecule has 0 aliphatic rings. The number of rotatable bonds is 2. The Kier molecular flexibility index (Phi) is 3.43. The molecule has 0 atom stereocenters. The van der Waals surface area contributed by atoms with E-state index in [0.29, 0.717) is 10.6 Å². The summed E-state index contributed by atoms with van der Waals surface area (Å²) < 4.78 is 15.6. The van der Waals surface area contributed by atoms with Crippen molar-refractivity contribution in [1.82, 2.24) is 14.3 Å². The van der Waals surface area contributed by atoms with Crippen molar-refractivity contribution in [2.24, 2.45) is 7.05 Å². The molecule has 0 aliphatic heterocycles. The molecule has 0 aliphatic carbocycles. The zero-order chi connectivity index (χ0) is 14.2. The van der Waals surface area contributed by atoms with Crippen molar-refractivity contribution in [1.29, 1.82) is 0 Å². The highest BCUT2D eigenvalue weighted by molar-refractivity contribution is 7.98. The first kappa shape index (κ1) is 13.3. The first-order chi connectivity index (χ1) is 8.95. The minimum Gasteiger partial charge on any atom is -0.398 e. The molecule has 2 N–H and O–H groups in total. The van der Waals surface area contributed by atoms with Crippen LogP contribution in [0.4, 0.5) is 10.1 Å². The molecule has 1 heterocycles. The number of anilines is 1. The number of nitrogen functional groups attached to an aromatic ring is 1. The number of benzene rings is 1. The fraction of sp³-hybridized carbons (Fsp3) is 0.182. The highest BCUT2D eigenvalue weighted by atomic mass is 32.2. The number of nitrogens with zero attached hydrogens (tertiary/aromatic N) is 3. The molecule has 6 nitrogen and oxygen atoms in total. The van der Waals surface area contributed by atoms with Gasteiger partial charge in [-0.3, -0.25) is 9.36 Å². The Hall–Kier alpha value is -2.09. The maximum Gasteiger partial charge on any atom is 0.352 e. The molecule has 0 spiro atoms. The molecular formula is C11H11FN4O2S. The van der Waals surface area contributed by atoms with Crippen molar-refractivity contribution in [2.75, 3.05) is 12.0 Å². The van der Waals surface area contributed by atoms with Crippen LogP contribution < -0.4 is 17.0 Å². The van der Waals surface area contributed by atoms with Crippen LogP contribution in [-0.4, -0.2) is 20.6 Å². The van der Waals surface area contributed by atoms with Crippen LogP contribution in [-0.2, 0) is 7.05 Å². The van der Waals surface area contributed by atoms with Crippen molar-refractivity contribution in [3.8, 4) is 5.69 Å². The fourth-order valence-corrected chi connectivity index (χ4v) is 2.06. The molecule has 0 saturated heterocycles. The monoisotopic (exact) mass is 282 g/mol. The molecule has 1 aromatic carbocycles. The zero-order valence-electron chi connectivity index (χ0n) is 10.3. The SMILES string of the molecule is CSc1cc(F)c(-n2ncc(=O)n(C)c2=O)cc1N. The van der Waals surface area contributed by atoms with E-state index in [1.165, 1.54) is 30.9 Å². The molecule has 0 amide bonds. The molecule has 1 aromatic heterocycles. The lowest BCUT2D eigenvalue weighted by Crippen LogP contribution is -2.38. The molecule has 100 valence electrons. The van der Waals surface area contributed by atoms with E-state index in [9.17, 15) is 14.0 Å². The summed E-state index contributed by atoms with van der Waals surface area (Å²) in [5.74, 6) is -0.633. The number of thioether (sulfide) groups is 1. The van der Waals surface area contributed by atoms with Gasteiger partial charge >= 0.3 is 5.69 Å². The lowest BCUT2D eigenvalue weighted by atomic mass is 10.2. The first-order valence-corrected chi connectivity index (χ1v) is 6.47. The van der Waals surface area contributed by atoms with E-state index in [-0.39, 0.29) is 5.69 Å². The smallest absolute Gasteiger partial charge is 0.352 e. The highest BCUT2D eigenvalue weighted by Crippen LogP contribution is 2.26. The molecule has 0 radical (unpaired) electrons. The lowest BCUT2D eigenvalue weighted by Gasteiger charge is -2.09. The average molecular weight is 282 g/mol. The van der Waals surface area contributed by atoms with Crippen LogP contribution in [0.3, 0.4) is 0 Å². The van der Waals surface area contributed by atoms with Crippen molar-refractivity contribution in [3.63, 3.8) is 0 Å². The normalized spacial score (nSPS) is 10.7. The Morgan fingerprint density at radius 2 is 2.05 bits per heavy atom. The number of hydrogen-bond donors (Lipinski definition) is 1. The molecule has 0 fully saturated rings. The second kappa shape index (κ2) is 4.88. The summed E-state index contributed by atoms with van der Waals surface area (Å²) in [5, 5.41) is 3.63. The summed E-state index contributed by atoms with van der Waals surface area (Å²) in [5.41, 5.74) is 4.72. The summed E-state index contributed by atoms with van der Waals surface area (Å²) in [4.78, 5) is 23.7. The second-order valence-corrected chi connectivity index (χ2v) is 4.63. The van der Waals surface area contributed by atoms with Crippen LogP contribution in [0.5, 0.6) is 0 Å². The van der Waals surface area contributed by atoms with E-state index in [4.69, 9.17) is 5.73 Å². The summed E-state index contributed by atoms with van der Waals surface area (Å²) in [6.45, 7) is 0. The Labute approximate surface area is 111 Å². The van der Waals surface area contributed by atoms with Gasteiger partial charge in [-0.25, -0.2) is 9.18 Å². The molecular weight excluding hydrogens is 271 g/mol. The van der Waals surface area contributed by atoms with E-state index >= 15 is 0 Å². The van der Waals surface area contributed by atoms with Crippen molar-refractivity contribution in [3.05, 3.63) is 45.0 Å². The van der Waals surface area contributed by atoms with Gasteiger partial charge in [0.2, 0.25) is 0 Å².